The van der Waals surface area contributed by atoms with Gasteiger partial charge in [-0.2, -0.15) is 0 Å². The molecule has 0 aromatic rings. The second kappa shape index (κ2) is 60.9. The van der Waals surface area contributed by atoms with E-state index in [4.69, 9.17) is 9.47 Å². The maximum absolute atomic E-state index is 12.3. The quantitative estimate of drug-likeness (QED) is 0.0373. The lowest BCUT2D eigenvalue weighted by atomic mass is 10.0. The van der Waals surface area contributed by atoms with Crippen LogP contribution in [0.3, 0.4) is 0 Å². The lowest BCUT2D eigenvalue weighted by Crippen LogP contribution is -2.28. The van der Waals surface area contributed by atoms with Gasteiger partial charge in [0.15, 0.2) is 6.10 Å². The molecule has 0 heterocycles. The standard InChI is InChI=1S/C65H118O5/c1-3-5-7-9-11-13-15-17-19-21-23-24-25-26-27-28-29-30-31-32-33-34-35-36-37-38-39-40-42-43-45-47-49-51-53-55-57-59-64(67)69-62-63(61-66)70-65(68)60-58-56-54-52-50-48-46-44-41-22-20-18-16-14-12-10-8-6-4-2/h12,14-15,17-18,20-21,23,41,44,63,66H,3-11,13,16,19,22,24-40,42-43,45-62H2,1-2H3/b14-12-,17-15-,20-18-,23-21-,44-41-. The SMILES string of the molecule is CCCCC/C=C\C/C=C\C/C=C\CCCCCCCCC(=O)OC(CO)COC(=O)CCCCCCCCCCCCCCCCCCCCCCCCCCC/C=C\C/C=C\CCCCCCC. The molecule has 0 amide bonds. The van der Waals surface area contributed by atoms with Crippen molar-refractivity contribution in [3.8, 4) is 0 Å². The van der Waals surface area contributed by atoms with Crippen molar-refractivity contribution in [2.24, 2.45) is 0 Å². The van der Waals surface area contributed by atoms with Crippen LogP contribution in [0.2, 0.25) is 0 Å². The van der Waals surface area contributed by atoms with Crippen LogP contribution in [-0.2, 0) is 19.1 Å². The third-order valence-corrected chi connectivity index (χ3v) is 13.8. The number of aliphatic hydroxyl groups excluding tert-OH is 1. The molecule has 1 atom stereocenters. The van der Waals surface area contributed by atoms with E-state index in [0.717, 1.165) is 64.2 Å². The Kier molecular flexibility index (Phi) is 58.8. The maximum Gasteiger partial charge on any atom is 0.306 e. The molecule has 1 unspecified atom stereocenters. The molecule has 0 saturated carbocycles. The summed E-state index contributed by atoms with van der Waals surface area (Å²) >= 11 is 0. The molecule has 5 heteroatoms. The van der Waals surface area contributed by atoms with Crippen LogP contribution < -0.4 is 0 Å². The number of carbonyl (C=O) groups is 2. The summed E-state index contributed by atoms with van der Waals surface area (Å²) < 4.78 is 10.7. The summed E-state index contributed by atoms with van der Waals surface area (Å²) in [5, 5.41) is 9.65. The van der Waals surface area contributed by atoms with Gasteiger partial charge in [-0.3, -0.25) is 9.59 Å². The number of ether oxygens (including phenoxy) is 2. The molecule has 0 rings (SSSR count). The van der Waals surface area contributed by atoms with Crippen LogP contribution in [0.15, 0.2) is 60.8 Å². The molecule has 0 aliphatic carbocycles. The normalized spacial score (nSPS) is 12.6. The predicted molar refractivity (Wildman–Crippen MR) is 307 cm³/mol. The first kappa shape index (κ1) is 67.6. The molecule has 5 nitrogen and oxygen atoms in total. The molecule has 0 bridgehead atoms. The van der Waals surface area contributed by atoms with Crippen molar-refractivity contribution in [1.82, 2.24) is 0 Å². The molecule has 0 fully saturated rings. The summed E-state index contributed by atoms with van der Waals surface area (Å²) in [6.07, 6.45) is 82.3. The van der Waals surface area contributed by atoms with Gasteiger partial charge in [-0.05, 0) is 83.5 Å². The Hall–Kier alpha value is -2.40. The molecular weight excluding hydrogens is 861 g/mol. The zero-order valence-corrected chi connectivity index (χ0v) is 46.8. The van der Waals surface area contributed by atoms with Crippen molar-refractivity contribution >= 4 is 11.9 Å². The van der Waals surface area contributed by atoms with E-state index in [-0.39, 0.29) is 25.2 Å². The largest absolute Gasteiger partial charge is 0.462 e. The lowest BCUT2D eigenvalue weighted by Gasteiger charge is -2.15. The number of allylic oxidation sites excluding steroid dienone is 10. The monoisotopic (exact) mass is 979 g/mol. The molecule has 0 aromatic carbocycles. The smallest absolute Gasteiger partial charge is 0.306 e. The molecule has 0 radical (unpaired) electrons. The zero-order chi connectivity index (χ0) is 50.6. The number of hydrogen-bond donors (Lipinski definition) is 1. The van der Waals surface area contributed by atoms with E-state index in [9.17, 15) is 14.7 Å². The molecule has 0 saturated heterocycles. The number of rotatable bonds is 57. The van der Waals surface area contributed by atoms with Crippen LogP contribution in [0.4, 0.5) is 0 Å². The average molecular weight is 980 g/mol. The summed E-state index contributed by atoms with van der Waals surface area (Å²) in [6.45, 7) is 4.12. The number of aliphatic hydroxyl groups is 1. The Bertz CT molecular complexity index is 1200. The molecule has 1 N–H and O–H groups in total. The Morgan fingerprint density at radius 2 is 0.571 bits per heavy atom. The van der Waals surface area contributed by atoms with E-state index < -0.39 is 6.10 Å². The molecule has 408 valence electrons. The van der Waals surface area contributed by atoms with Crippen LogP contribution >= 0.6 is 0 Å². The van der Waals surface area contributed by atoms with E-state index in [2.05, 4.69) is 74.6 Å². The van der Waals surface area contributed by atoms with Crippen molar-refractivity contribution in [2.75, 3.05) is 13.2 Å². The van der Waals surface area contributed by atoms with Gasteiger partial charge in [0.1, 0.15) is 6.61 Å². The second-order valence-corrected chi connectivity index (χ2v) is 20.8. The molecular formula is C65H118O5. The fraction of sp³-hybridized carbons (Fsp3) is 0.815. The first-order chi connectivity index (χ1) is 34.6. The van der Waals surface area contributed by atoms with Gasteiger partial charge in [-0.15, -0.1) is 0 Å². The zero-order valence-electron chi connectivity index (χ0n) is 46.8. The highest BCUT2D eigenvalue weighted by Crippen LogP contribution is 2.17. The summed E-state index contributed by atoms with van der Waals surface area (Å²) in [4.78, 5) is 24.5. The highest BCUT2D eigenvalue weighted by atomic mass is 16.6. The first-order valence-corrected chi connectivity index (χ1v) is 30.8. The Labute approximate surface area is 436 Å². The van der Waals surface area contributed by atoms with E-state index in [1.165, 1.54) is 231 Å². The van der Waals surface area contributed by atoms with Crippen LogP contribution in [0, 0.1) is 0 Å². The highest BCUT2D eigenvalue weighted by Gasteiger charge is 2.16. The number of hydrogen-bond acceptors (Lipinski definition) is 5. The average Bonchev–Trinajstić information content (AvgIpc) is 3.36. The fourth-order valence-electron chi connectivity index (χ4n) is 9.13. The number of esters is 2. The van der Waals surface area contributed by atoms with Crippen molar-refractivity contribution in [3.63, 3.8) is 0 Å². The minimum atomic E-state index is -0.780. The number of unbranched alkanes of at least 4 members (excludes halogenated alkanes) is 39. The summed E-state index contributed by atoms with van der Waals surface area (Å²) in [5.74, 6) is -0.593. The minimum Gasteiger partial charge on any atom is -0.462 e. The van der Waals surface area contributed by atoms with Gasteiger partial charge < -0.3 is 14.6 Å². The van der Waals surface area contributed by atoms with Crippen LogP contribution in [-0.4, -0.2) is 36.4 Å². The maximum atomic E-state index is 12.3. The van der Waals surface area contributed by atoms with Gasteiger partial charge in [0, 0.05) is 12.8 Å². The highest BCUT2D eigenvalue weighted by molar-refractivity contribution is 5.70. The predicted octanol–water partition coefficient (Wildman–Crippen LogP) is 21.0. The van der Waals surface area contributed by atoms with Gasteiger partial charge in [-0.1, -0.05) is 286 Å². The summed E-state index contributed by atoms with van der Waals surface area (Å²) in [7, 11) is 0. The van der Waals surface area contributed by atoms with Crippen molar-refractivity contribution in [3.05, 3.63) is 60.8 Å². The molecule has 0 aliphatic heterocycles. The lowest BCUT2D eigenvalue weighted by molar-refractivity contribution is -0.161. The van der Waals surface area contributed by atoms with E-state index in [1.807, 2.05) is 0 Å². The van der Waals surface area contributed by atoms with Crippen molar-refractivity contribution in [2.45, 2.75) is 328 Å². The summed E-state index contributed by atoms with van der Waals surface area (Å²) in [6, 6.07) is 0. The topological polar surface area (TPSA) is 72.8 Å². The molecule has 70 heavy (non-hydrogen) atoms. The van der Waals surface area contributed by atoms with Crippen molar-refractivity contribution in [1.29, 1.82) is 0 Å². The van der Waals surface area contributed by atoms with E-state index >= 15 is 0 Å². The Balaban J connectivity index is 3.41. The Morgan fingerprint density at radius 1 is 0.329 bits per heavy atom. The Morgan fingerprint density at radius 3 is 0.886 bits per heavy atom. The van der Waals surface area contributed by atoms with E-state index in [0.29, 0.717) is 12.8 Å². The number of carbonyl (C=O) groups excluding carboxylic acids is 2. The van der Waals surface area contributed by atoms with Gasteiger partial charge >= 0.3 is 11.9 Å². The van der Waals surface area contributed by atoms with Gasteiger partial charge in [-0.25, -0.2) is 0 Å². The van der Waals surface area contributed by atoms with Crippen LogP contribution in [0.25, 0.3) is 0 Å². The van der Waals surface area contributed by atoms with Gasteiger partial charge in [0.05, 0.1) is 6.61 Å². The molecule has 0 aromatic heterocycles. The molecule has 0 aliphatic rings. The van der Waals surface area contributed by atoms with Gasteiger partial charge in [0.25, 0.3) is 0 Å². The van der Waals surface area contributed by atoms with Crippen LogP contribution in [0.5, 0.6) is 0 Å². The third kappa shape index (κ3) is 58.2. The minimum absolute atomic E-state index is 0.0693. The molecule has 0 spiro atoms. The van der Waals surface area contributed by atoms with Crippen LogP contribution in [0.1, 0.15) is 322 Å². The third-order valence-electron chi connectivity index (χ3n) is 13.8. The van der Waals surface area contributed by atoms with Gasteiger partial charge in [0.2, 0.25) is 0 Å². The van der Waals surface area contributed by atoms with E-state index in [1.54, 1.807) is 0 Å². The first-order valence-electron chi connectivity index (χ1n) is 30.8. The van der Waals surface area contributed by atoms with Crippen molar-refractivity contribution < 1.29 is 24.2 Å². The fourth-order valence-corrected chi connectivity index (χ4v) is 9.13. The second-order valence-electron chi connectivity index (χ2n) is 20.8. The summed E-state index contributed by atoms with van der Waals surface area (Å²) in [5.41, 5.74) is 0.